The summed E-state index contributed by atoms with van der Waals surface area (Å²) in [5.41, 5.74) is 0. The van der Waals surface area contributed by atoms with Crippen LogP contribution in [-0.4, -0.2) is 39.9 Å². The minimum absolute atomic E-state index is 0.138. The molecular formula is C10H16N4O3. The fourth-order valence-electron chi connectivity index (χ4n) is 1.69. The van der Waals surface area contributed by atoms with Crippen molar-refractivity contribution in [3.8, 4) is 6.01 Å². The molecule has 0 aromatic carbocycles. The molecule has 94 valence electrons. The second-order valence-electron chi connectivity index (χ2n) is 3.90. The first-order valence-corrected chi connectivity index (χ1v) is 5.70. The van der Waals surface area contributed by atoms with Crippen LogP contribution in [-0.2, 0) is 9.53 Å². The van der Waals surface area contributed by atoms with Gasteiger partial charge in [-0.1, -0.05) is 0 Å². The minimum Gasteiger partial charge on any atom is -0.463 e. The summed E-state index contributed by atoms with van der Waals surface area (Å²) >= 11 is 0. The highest BCUT2D eigenvalue weighted by molar-refractivity contribution is 5.92. The molecule has 1 amide bonds. The third-order valence-electron chi connectivity index (χ3n) is 2.50. The Balaban J connectivity index is 1.89. The monoisotopic (exact) mass is 240 g/mol. The second kappa shape index (κ2) is 5.13. The molecule has 1 saturated heterocycles. The van der Waals surface area contributed by atoms with E-state index < -0.39 is 6.10 Å². The van der Waals surface area contributed by atoms with E-state index in [0.29, 0.717) is 6.61 Å². The Bertz CT molecular complexity index is 393. The van der Waals surface area contributed by atoms with Crippen molar-refractivity contribution in [2.24, 2.45) is 0 Å². The average molecular weight is 240 g/mol. The van der Waals surface area contributed by atoms with Gasteiger partial charge in [-0.25, -0.2) is 5.10 Å². The molecule has 0 saturated carbocycles. The normalized spacial score (nSPS) is 23.6. The Morgan fingerprint density at radius 3 is 3.12 bits per heavy atom. The maximum absolute atomic E-state index is 11.8. The molecule has 2 N–H and O–H groups in total. The fourth-order valence-corrected chi connectivity index (χ4v) is 1.69. The number of aromatic nitrogens is 3. The number of rotatable bonds is 4. The topological polar surface area (TPSA) is 89.1 Å². The van der Waals surface area contributed by atoms with E-state index in [1.54, 1.807) is 0 Å². The van der Waals surface area contributed by atoms with Crippen LogP contribution in [0.4, 0.5) is 5.95 Å². The van der Waals surface area contributed by atoms with Gasteiger partial charge in [0.1, 0.15) is 6.10 Å². The van der Waals surface area contributed by atoms with Crippen molar-refractivity contribution in [2.45, 2.75) is 38.9 Å². The van der Waals surface area contributed by atoms with Gasteiger partial charge >= 0.3 is 6.01 Å². The number of anilines is 1. The minimum atomic E-state index is -0.398. The molecule has 1 aliphatic rings. The fraction of sp³-hybridized carbons (Fsp3) is 0.700. The lowest BCUT2D eigenvalue weighted by Crippen LogP contribution is -2.28. The summed E-state index contributed by atoms with van der Waals surface area (Å²) < 4.78 is 10.5. The van der Waals surface area contributed by atoms with Gasteiger partial charge < -0.3 is 9.47 Å². The number of hydrogen-bond donors (Lipinski definition) is 2. The zero-order chi connectivity index (χ0) is 12.3. The SMILES string of the molecule is CCOc1n[nH]c(NC(=O)C2CCC(C)O2)n1. The van der Waals surface area contributed by atoms with E-state index >= 15 is 0 Å². The van der Waals surface area contributed by atoms with E-state index in [1.165, 1.54) is 0 Å². The summed E-state index contributed by atoms with van der Waals surface area (Å²) in [6.07, 6.45) is 1.38. The van der Waals surface area contributed by atoms with E-state index in [4.69, 9.17) is 9.47 Å². The smallest absolute Gasteiger partial charge is 0.337 e. The predicted octanol–water partition coefficient (Wildman–Crippen LogP) is 0.709. The highest BCUT2D eigenvalue weighted by Crippen LogP contribution is 2.20. The number of nitrogens with one attached hydrogen (secondary N) is 2. The van der Waals surface area contributed by atoms with Gasteiger partial charge in [0.2, 0.25) is 5.95 Å². The average Bonchev–Trinajstić information content (AvgIpc) is 2.88. The van der Waals surface area contributed by atoms with E-state index in [0.717, 1.165) is 12.8 Å². The molecule has 0 bridgehead atoms. The maximum Gasteiger partial charge on any atom is 0.337 e. The van der Waals surface area contributed by atoms with Crippen LogP contribution < -0.4 is 10.1 Å². The van der Waals surface area contributed by atoms with Crippen LogP contribution >= 0.6 is 0 Å². The lowest BCUT2D eigenvalue weighted by molar-refractivity contribution is -0.126. The van der Waals surface area contributed by atoms with Gasteiger partial charge in [0.25, 0.3) is 5.91 Å². The molecule has 1 aromatic rings. The van der Waals surface area contributed by atoms with Gasteiger partial charge in [-0.05, 0) is 26.7 Å². The molecule has 2 unspecified atom stereocenters. The number of hydrogen-bond acceptors (Lipinski definition) is 5. The summed E-state index contributed by atoms with van der Waals surface area (Å²) in [5, 5.41) is 8.98. The molecule has 2 atom stereocenters. The van der Waals surface area contributed by atoms with Crippen molar-refractivity contribution in [2.75, 3.05) is 11.9 Å². The van der Waals surface area contributed by atoms with Crippen LogP contribution in [0.15, 0.2) is 0 Å². The zero-order valence-electron chi connectivity index (χ0n) is 9.90. The first kappa shape index (κ1) is 11.8. The van der Waals surface area contributed by atoms with Crippen LogP contribution in [0.2, 0.25) is 0 Å². The number of amides is 1. The molecule has 1 fully saturated rings. The number of nitrogens with zero attached hydrogens (tertiary/aromatic N) is 2. The highest BCUT2D eigenvalue weighted by atomic mass is 16.5. The van der Waals surface area contributed by atoms with Gasteiger partial charge in [-0.3, -0.25) is 10.1 Å². The standard InChI is InChI=1S/C10H16N4O3/c1-3-16-10-12-9(13-14-10)11-8(15)7-5-4-6(2)17-7/h6-7H,3-5H2,1-2H3,(H2,11,12,13,14,15). The van der Waals surface area contributed by atoms with E-state index in [2.05, 4.69) is 20.5 Å². The van der Waals surface area contributed by atoms with Gasteiger partial charge in [-0.15, -0.1) is 5.10 Å². The molecule has 0 aliphatic carbocycles. The molecule has 17 heavy (non-hydrogen) atoms. The van der Waals surface area contributed by atoms with Crippen molar-refractivity contribution in [1.29, 1.82) is 0 Å². The van der Waals surface area contributed by atoms with Gasteiger partial charge in [0.05, 0.1) is 12.7 Å². The van der Waals surface area contributed by atoms with Gasteiger partial charge in [0.15, 0.2) is 0 Å². The number of aromatic amines is 1. The van der Waals surface area contributed by atoms with Crippen LogP contribution in [0.1, 0.15) is 26.7 Å². The van der Waals surface area contributed by atoms with Crippen LogP contribution in [0.5, 0.6) is 6.01 Å². The quantitative estimate of drug-likeness (QED) is 0.809. The van der Waals surface area contributed by atoms with Crippen LogP contribution in [0, 0.1) is 0 Å². The molecule has 7 nitrogen and oxygen atoms in total. The van der Waals surface area contributed by atoms with Crippen molar-refractivity contribution in [3.05, 3.63) is 0 Å². The highest BCUT2D eigenvalue weighted by Gasteiger charge is 2.28. The molecular weight excluding hydrogens is 224 g/mol. The first-order chi connectivity index (χ1) is 8.19. The molecule has 1 aromatic heterocycles. The molecule has 0 spiro atoms. The third kappa shape index (κ3) is 2.94. The van der Waals surface area contributed by atoms with Crippen molar-refractivity contribution >= 4 is 11.9 Å². The first-order valence-electron chi connectivity index (χ1n) is 5.70. The zero-order valence-corrected chi connectivity index (χ0v) is 9.90. The second-order valence-corrected chi connectivity index (χ2v) is 3.90. The van der Waals surface area contributed by atoms with E-state index in [-0.39, 0.29) is 24.0 Å². The summed E-state index contributed by atoms with van der Waals surface area (Å²) in [6, 6.07) is 0.225. The van der Waals surface area contributed by atoms with Crippen molar-refractivity contribution in [3.63, 3.8) is 0 Å². The molecule has 1 aliphatic heterocycles. The summed E-state index contributed by atoms with van der Waals surface area (Å²) in [6.45, 7) is 4.27. The molecule has 2 rings (SSSR count). The van der Waals surface area contributed by atoms with Gasteiger partial charge in [0, 0.05) is 0 Å². The summed E-state index contributed by atoms with van der Waals surface area (Å²) in [5.74, 6) is 0.0788. The largest absolute Gasteiger partial charge is 0.463 e. The Hall–Kier alpha value is -1.63. The predicted molar refractivity (Wildman–Crippen MR) is 59.8 cm³/mol. The number of ether oxygens (including phenoxy) is 2. The van der Waals surface area contributed by atoms with Crippen LogP contribution in [0.3, 0.4) is 0 Å². The lowest BCUT2D eigenvalue weighted by Gasteiger charge is -2.09. The van der Waals surface area contributed by atoms with Crippen molar-refractivity contribution in [1.82, 2.24) is 15.2 Å². The molecule has 0 radical (unpaired) electrons. The number of H-pyrrole nitrogens is 1. The Kier molecular flexibility index (Phi) is 3.58. The van der Waals surface area contributed by atoms with E-state index in [1.807, 2.05) is 13.8 Å². The Morgan fingerprint density at radius 1 is 1.65 bits per heavy atom. The van der Waals surface area contributed by atoms with Crippen LogP contribution in [0.25, 0.3) is 0 Å². The molecule has 7 heteroatoms. The lowest BCUT2D eigenvalue weighted by atomic mass is 10.2. The number of carbonyl (C=O) groups excluding carboxylic acids is 1. The number of carbonyl (C=O) groups is 1. The molecule has 2 heterocycles. The van der Waals surface area contributed by atoms with E-state index in [9.17, 15) is 4.79 Å². The summed E-state index contributed by atoms with van der Waals surface area (Å²) in [4.78, 5) is 15.7. The third-order valence-corrected chi connectivity index (χ3v) is 2.50. The maximum atomic E-state index is 11.8. The Morgan fingerprint density at radius 2 is 2.47 bits per heavy atom. The van der Waals surface area contributed by atoms with Crippen molar-refractivity contribution < 1.29 is 14.3 Å². The van der Waals surface area contributed by atoms with Gasteiger partial charge in [-0.2, -0.15) is 4.98 Å². The summed E-state index contributed by atoms with van der Waals surface area (Å²) in [7, 11) is 0. The Labute approximate surface area is 98.9 Å².